The van der Waals surface area contributed by atoms with Gasteiger partial charge in [-0.25, -0.2) is 0 Å². The highest BCUT2D eigenvalue weighted by atomic mass is 32.1. The molecule has 2 fully saturated rings. The molecule has 0 atom stereocenters. The Bertz CT molecular complexity index is 1380. The number of aryl methyl sites for hydroxylation is 1. The summed E-state index contributed by atoms with van der Waals surface area (Å²) in [4.78, 5) is 24.2. The molecule has 34 heavy (non-hydrogen) atoms. The lowest BCUT2D eigenvalue weighted by Crippen LogP contribution is -2.57. The monoisotopic (exact) mass is 474 g/mol. The van der Waals surface area contributed by atoms with Crippen molar-refractivity contribution in [3.8, 4) is 11.1 Å². The molecule has 3 aromatic heterocycles. The summed E-state index contributed by atoms with van der Waals surface area (Å²) in [6.45, 7) is 0.691. The molecule has 1 amide bonds. The van der Waals surface area contributed by atoms with E-state index in [1.807, 2.05) is 31.0 Å². The molecular formula is C26H26N4O3S. The number of aromatic nitrogens is 3. The van der Waals surface area contributed by atoms with Crippen molar-refractivity contribution in [1.29, 1.82) is 0 Å². The first-order valence-corrected chi connectivity index (χ1v) is 12.5. The highest BCUT2D eigenvalue weighted by molar-refractivity contribution is 7.17. The second-order valence-electron chi connectivity index (χ2n) is 9.93. The first-order valence-electron chi connectivity index (χ1n) is 11.6. The summed E-state index contributed by atoms with van der Waals surface area (Å²) in [7, 11) is 1.91. The Balaban J connectivity index is 1.14. The van der Waals surface area contributed by atoms with E-state index in [0.29, 0.717) is 6.54 Å². The van der Waals surface area contributed by atoms with E-state index in [-0.39, 0.29) is 23.3 Å². The highest BCUT2D eigenvalue weighted by Crippen LogP contribution is 2.58. The molecule has 2 saturated carbocycles. The SMILES string of the molecule is Cn1cc(-c2ccc(Cn3ccc4scc(C(=O)NC5CC6(C5)CC(C(=O)O)C6)c43)cc2)cn1. The lowest BCUT2D eigenvalue weighted by atomic mass is 9.50. The standard InChI is InChI=1S/C26H26N4O3S/c1-29-14-19(12-27-29)17-4-2-16(3-5-17)13-30-7-6-22-23(30)21(15-34-22)24(31)28-20-10-26(11-20)8-18(9-26)25(32)33/h2-7,12,14-15,18,20H,8-11,13H2,1H3,(H,28,31)(H,32,33). The van der Waals surface area contributed by atoms with Crippen LogP contribution in [0.1, 0.15) is 41.6 Å². The molecule has 1 spiro atoms. The fraction of sp³-hybridized carbons (Fsp3) is 0.346. The first-order chi connectivity index (χ1) is 16.4. The van der Waals surface area contributed by atoms with E-state index in [9.17, 15) is 9.59 Å². The normalized spacial score (nSPS) is 23.6. The van der Waals surface area contributed by atoms with Gasteiger partial charge in [-0.1, -0.05) is 24.3 Å². The third-order valence-electron chi connectivity index (χ3n) is 7.48. The third kappa shape index (κ3) is 3.62. The van der Waals surface area contributed by atoms with Crippen LogP contribution in [0.15, 0.2) is 54.3 Å². The minimum Gasteiger partial charge on any atom is -0.481 e. The Morgan fingerprint density at radius 3 is 2.59 bits per heavy atom. The molecule has 4 aromatic rings. The van der Waals surface area contributed by atoms with Crippen molar-refractivity contribution in [3.05, 3.63) is 65.4 Å². The fourth-order valence-electron chi connectivity index (χ4n) is 5.72. The molecule has 6 rings (SSSR count). The number of fused-ring (bicyclic) bond motifs is 1. The van der Waals surface area contributed by atoms with Gasteiger partial charge in [0, 0.05) is 43.0 Å². The van der Waals surface area contributed by atoms with Gasteiger partial charge in [-0.05, 0) is 48.3 Å². The van der Waals surface area contributed by atoms with Crippen LogP contribution in [0.4, 0.5) is 0 Å². The first kappa shape index (κ1) is 21.2. The van der Waals surface area contributed by atoms with Gasteiger partial charge in [0.15, 0.2) is 0 Å². The van der Waals surface area contributed by atoms with E-state index in [4.69, 9.17) is 5.11 Å². The molecule has 0 saturated heterocycles. The number of nitrogens with one attached hydrogen (secondary N) is 1. The Morgan fingerprint density at radius 2 is 1.91 bits per heavy atom. The third-order valence-corrected chi connectivity index (χ3v) is 8.41. The van der Waals surface area contributed by atoms with Crippen LogP contribution >= 0.6 is 11.3 Å². The predicted octanol–water partition coefficient (Wildman–Crippen LogP) is 4.52. The summed E-state index contributed by atoms with van der Waals surface area (Å²) in [6.07, 6.45) is 9.19. The van der Waals surface area contributed by atoms with Gasteiger partial charge in [-0.3, -0.25) is 14.3 Å². The van der Waals surface area contributed by atoms with Crippen molar-refractivity contribution >= 4 is 33.4 Å². The Hall–Kier alpha value is -3.39. The maximum atomic E-state index is 13.1. The van der Waals surface area contributed by atoms with Crippen LogP contribution < -0.4 is 5.32 Å². The number of amides is 1. The van der Waals surface area contributed by atoms with Crippen molar-refractivity contribution in [2.75, 3.05) is 0 Å². The molecule has 3 heterocycles. The lowest BCUT2D eigenvalue weighted by molar-refractivity contribution is -0.155. The van der Waals surface area contributed by atoms with Gasteiger partial charge in [0.05, 0.1) is 27.9 Å². The van der Waals surface area contributed by atoms with Gasteiger partial charge in [0.25, 0.3) is 5.91 Å². The number of aliphatic carboxylic acids is 1. The molecule has 8 heteroatoms. The number of nitrogens with zero attached hydrogens (tertiary/aromatic N) is 3. The van der Waals surface area contributed by atoms with E-state index in [2.05, 4.69) is 45.3 Å². The summed E-state index contributed by atoms with van der Waals surface area (Å²) in [6, 6.07) is 10.7. The largest absolute Gasteiger partial charge is 0.481 e. The minimum absolute atomic E-state index is 0.0351. The number of rotatable bonds is 6. The number of hydrogen-bond donors (Lipinski definition) is 2. The summed E-state index contributed by atoms with van der Waals surface area (Å²) in [5.41, 5.74) is 5.23. The minimum atomic E-state index is -0.689. The van der Waals surface area contributed by atoms with Crippen LogP contribution in [0.2, 0.25) is 0 Å². The van der Waals surface area contributed by atoms with Crippen LogP contribution in [0.5, 0.6) is 0 Å². The number of thiophene rings is 1. The summed E-state index contributed by atoms with van der Waals surface area (Å²) < 4.78 is 5.04. The van der Waals surface area contributed by atoms with E-state index in [0.717, 1.165) is 52.6 Å². The molecule has 2 aliphatic carbocycles. The molecule has 0 aliphatic heterocycles. The lowest BCUT2D eigenvalue weighted by Gasteiger charge is -2.56. The second-order valence-corrected chi connectivity index (χ2v) is 10.8. The second kappa shape index (κ2) is 7.84. The van der Waals surface area contributed by atoms with Gasteiger partial charge in [-0.15, -0.1) is 11.3 Å². The average Bonchev–Trinajstić information content (AvgIpc) is 3.47. The van der Waals surface area contributed by atoms with Crippen molar-refractivity contribution in [2.45, 2.75) is 38.3 Å². The van der Waals surface area contributed by atoms with Crippen molar-refractivity contribution in [3.63, 3.8) is 0 Å². The molecule has 174 valence electrons. The quantitative estimate of drug-likeness (QED) is 0.430. The Kier molecular flexibility index (Phi) is 4.88. The highest BCUT2D eigenvalue weighted by Gasteiger charge is 2.55. The topological polar surface area (TPSA) is 89.2 Å². The molecular weight excluding hydrogens is 448 g/mol. The zero-order valence-corrected chi connectivity index (χ0v) is 19.7. The molecule has 7 nitrogen and oxygen atoms in total. The number of carboxylic acid groups (broad SMARTS) is 1. The van der Waals surface area contributed by atoms with Crippen LogP contribution in [-0.4, -0.2) is 37.4 Å². The maximum Gasteiger partial charge on any atom is 0.306 e. The molecule has 0 unspecified atom stereocenters. The maximum absolute atomic E-state index is 13.1. The number of hydrogen-bond acceptors (Lipinski definition) is 4. The number of carbonyl (C=O) groups is 2. The van der Waals surface area contributed by atoms with Gasteiger partial charge in [0.2, 0.25) is 0 Å². The molecule has 1 aromatic carbocycles. The predicted molar refractivity (Wildman–Crippen MR) is 131 cm³/mol. The number of carbonyl (C=O) groups excluding carboxylic acids is 1. The van der Waals surface area contributed by atoms with Crippen LogP contribution in [0.3, 0.4) is 0 Å². The summed E-state index contributed by atoms with van der Waals surface area (Å²) in [5, 5.41) is 18.5. The van der Waals surface area contributed by atoms with E-state index >= 15 is 0 Å². The fourth-order valence-corrected chi connectivity index (χ4v) is 6.66. The summed E-state index contributed by atoms with van der Waals surface area (Å²) in [5.74, 6) is -0.923. The summed E-state index contributed by atoms with van der Waals surface area (Å²) >= 11 is 1.59. The molecule has 2 N–H and O–H groups in total. The van der Waals surface area contributed by atoms with Gasteiger partial charge in [-0.2, -0.15) is 5.10 Å². The van der Waals surface area contributed by atoms with E-state index in [1.54, 1.807) is 16.0 Å². The Morgan fingerprint density at radius 1 is 1.15 bits per heavy atom. The van der Waals surface area contributed by atoms with Crippen molar-refractivity contribution < 1.29 is 14.7 Å². The molecule has 2 aliphatic rings. The molecule has 0 radical (unpaired) electrons. The van der Waals surface area contributed by atoms with Crippen LogP contribution in [-0.2, 0) is 18.4 Å². The van der Waals surface area contributed by atoms with Crippen molar-refractivity contribution in [2.24, 2.45) is 18.4 Å². The van der Waals surface area contributed by atoms with Gasteiger partial charge in [0.1, 0.15) is 0 Å². The van der Waals surface area contributed by atoms with Crippen LogP contribution in [0, 0.1) is 11.3 Å². The molecule has 0 bridgehead atoms. The van der Waals surface area contributed by atoms with E-state index < -0.39 is 5.97 Å². The zero-order valence-electron chi connectivity index (χ0n) is 18.9. The Labute approximate surface area is 201 Å². The van der Waals surface area contributed by atoms with Gasteiger partial charge < -0.3 is 15.0 Å². The van der Waals surface area contributed by atoms with Crippen LogP contribution in [0.25, 0.3) is 21.3 Å². The van der Waals surface area contributed by atoms with Crippen molar-refractivity contribution in [1.82, 2.24) is 19.7 Å². The number of carboxylic acids is 1. The van der Waals surface area contributed by atoms with E-state index in [1.165, 1.54) is 5.56 Å². The van der Waals surface area contributed by atoms with Gasteiger partial charge >= 0.3 is 5.97 Å². The average molecular weight is 475 g/mol. The zero-order chi connectivity index (χ0) is 23.4. The smallest absolute Gasteiger partial charge is 0.306 e. The number of benzene rings is 1.